The maximum Gasteiger partial charge on any atom is 0.346 e. The Balaban J connectivity index is 0.000000146. The summed E-state index contributed by atoms with van der Waals surface area (Å²) in [7, 11) is -3.67. The first kappa shape index (κ1) is 92.0. The molecule has 26 heteroatoms. The van der Waals surface area contributed by atoms with E-state index < -0.39 is 32.9 Å². The molecule has 0 radical (unpaired) electrons. The zero-order chi connectivity index (χ0) is 93.4. The number of pyridine rings is 6. The maximum atomic E-state index is 12.6. The molecule has 5 N–H and O–H groups in total. The molecule has 25 nitrogen and oxygen atoms in total. The van der Waals surface area contributed by atoms with Gasteiger partial charge in [0.25, 0.3) is 23.1 Å². The number of carbonyl (C=O) groups is 6. The fourth-order valence-corrected chi connectivity index (χ4v) is 16.4. The smallest absolute Gasteiger partial charge is 0.346 e. The minimum atomic E-state index is -3.67. The number of fused-ring (bicyclic) bond motifs is 5. The number of esters is 2. The highest BCUT2D eigenvalue weighted by Gasteiger charge is 2.42. The summed E-state index contributed by atoms with van der Waals surface area (Å²) < 4.78 is 41.7. The molecule has 6 aromatic heterocycles. The maximum absolute atomic E-state index is 12.6. The van der Waals surface area contributed by atoms with Gasteiger partial charge in [0, 0.05) is 98.8 Å². The van der Waals surface area contributed by atoms with Gasteiger partial charge in [0.15, 0.2) is 11.6 Å². The number of hydrogen-bond acceptors (Lipinski definition) is 24. The second-order valence-corrected chi connectivity index (χ2v) is 34.5. The number of aromatic nitrogens is 6. The highest BCUT2D eigenvalue weighted by molar-refractivity contribution is 7.85. The molecule has 0 spiro atoms. The lowest BCUT2D eigenvalue weighted by molar-refractivity contribution is -0.121. The number of hydrogen-bond donors (Lipinski definition) is 5. The standard InChI is InChI=1S/2C35H29N3O4.C20H15N3O3.C15H16O2.CH4O3S/c1-35(2)31-18-26(40)10-12-28(31)34(29-13-11-27(41)19-32(29)35)30-17-25(9-14-33(30)42-22-39)38(20-23-7-3-5-15-36-23)21-24-8-4-6-16-37-24;1-35(2)31-18-26(40)10-13-28(31)34(29-14-11-27(41)19-32(29)35)30-12-9-25(17-33(30)42-22-39)38(20-23-7-3-5-15-36-23)21-24-8-4-6-16-37-24;24-19-17-8-7-16(11-18(17)20(25)26-19)23(12-14-5-1-3-9-21-14)13-15-6-2-4-10-22-15;1-15(2,11-5-3-7-13(16)9-11)12-6-4-8-14(17)10-12;1-5(2,3)4/h2*3-19,22,40H,20-21H2,1-2H3;1-11H,12-13H2;3-10,16-17H,1-2H3;1H3,(H,2,3,4). The Morgan fingerprint density at radius 2 is 0.697 bits per heavy atom. The van der Waals surface area contributed by atoms with Gasteiger partial charge in [0.1, 0.15) is 34.5 Å². The highest BCUT2D eigenvalue weighted by Crippen LogP contribution is 2.55. The molecule has 18 rings (SSSR count). The van der Waals surface area contributed by atoms with Gasteiger partial charge in [-0.2, -0.15) is 8.42 Å². The van der Waals surface area contributed by atoms with Crippen LogP contribution in [0, 0.1) is 0 Å². The van der Waals surface area contributed by atoms with Crippen LogP contribution in [0.4, 0.5) is 17.1 Å². The lowest BCUT2D eigenvalue weighted by Crippen LogP contribution is -2.29. The van der Waals surface area contributed by atoms with Crippen LogP contribution in [0.25, 0.3) is 11.1 Å². The van der Waals surface area contributed by atoms with Crippen LogP contribution in [0.1, 0.15) is 141 Å². The molecule has 13 aromatic rings. The molecule has 7 aromatic carbocycles. The molecule has 132 heavy (non-hydrogen) atoms. The zero-order valence-corrected chi connectivity index (χ0v) is 74.0. The number of nitrogens with zero attached hydrogens (tertiary/aromatic N) is 9. The predicted octanol–water partition coefficient (Wildman–Crippen LogP) is 18.1. The van der Waals surface area contributed by atoms with E-state index in [-0.39, 0.29) is 40.0 Å². The van der Waals surface area contributed by atoms with Crippen LogP contribution < -0.4 is 24.2 Å². The number of rotatable bonds is 23. The van der Waals surface area contributed by atoms with Gasteiger partial charge in [-0.25, -0.2) is 9.59 Å². The zero-order valence-electron chi connectivity index (χ0n) is 73.2. The number of aromatic hydroxyl groups is 4. The number of carbonyl (C=O) groups excluding carboxylic acids is 6. The molecule has 0 bridgehead atoms. The van der Waals surface area contributed by atoms with E-state index in [0.29, 0.717) is 92.2 Å². The Labute approximate surface area is 763 Å². The summed E-state index contributed by atoms with van der Waals surface area (Å²) in [5.41, 5.74) is 19.1. The molecule has 0 saturated heterocycles. The summed E-state index contributed by atoms with van der Waals surface area (Å²) in [5.74, 6) is 0.159. The third-order valence-electron chi connectivity index (χ3n) is 22.9. The predicted molar refractivity (Wildman–Crippen MR) is 502 cm³/mol. The van der Waals surface area contributed by atoms with Crippen LogP contribution in [0.15, 0.2) is 345 Å². The van der Waals surface area contributed by atoms with Crippen molar-refractivity contribution in [3.05, 3.63) is 434 Å². The second-order valence-electron chi connectivity index (χ2n) is 33.0. The largest absolute Gasteiger partial charge is 0.508 e. The molecule has 0 atom stereocenters. The number of phenolic OH excluding ortho intramolecular Hbond substituents is 4. The third kappa shape index (κ3) is 22.0. The SMILES string of the molecule is CC(C)(c1cccc(O)c1)c1cccc(O)c1.CC1(C)C2=CC(=O)C=CC2=C(c2cc(N(Cc3ccccn3)Cc3ccccn3)ccc2OC=O)c2ccc(O)cc21.CC1(C)C2=CC(=O)C=CC2=C(c2ccc(N(Cc3ccccn3)Cc3ccccn3)cc2OC=O)c2ccc(O)cc21.CS(=O)(=O)O.O=C1OC(=O)c2cc(N(Cc3ccccn3)Cc3ccccn3)ccc21. The van der Waals surface area contributed by atoms with E-state index in [1.54, 1.807) is 128 Å². The van der Waals surface area contributed by atoms with Crippen molar-refractivity contribution < 1.29 is 76.4 Å². The third-order valence-corrected chi connectivity index (χ3v) is 22.9. The molecule has 664 valence electrons. The highest BCUT2D eigenvalue weighted by atomic mass is 32.2. The van der Waals surface area contributed by atoms with Gasteiger partial charge in [-0.3, -0.25) is 53.6 Å². The first-order valence-electron chi connectivity index (χ1n) is 42.0. The monoisotopic (exact) mass is 1780 g/mol. The van der Waals surface area contributed by atoms with E-state index >= 15 is 0 Å². The van der Waals surface area contributed by atoms with E-state index in [1.807, 2.05) is 222 Å². The van der Waals surface area contributed by atoms with Crippen molar-refractivity contribution >= 4 is 74.8 Å². The average molecular weight is 1780 g/mol. The second kappa shape index (κ2) is 40.4. The Morgan fingerprint density at radius 1 is 0.371 bits per heavy atom. The molecule has 4 aliphatic carbocycles. The molecule has 5 aliphatic rings. The summed E-state index contributed by atoms with van der Waals surface area (Å²) in [4.78, 5) is 105. The number of anilines is 3. The molecular weight excluding hydrogens is 1690 g/mol. The van der Waals surface area contributed by atoms with Crippen LogP contribution in [-0.4, -0.2) is 106 Å². The number of cyclic esters (lactones) is 2. The molecular formula is C106H93N9O16S. The van der Waals surface area contributed by atoms with Crippen LogP contribution >= 0.6 is 0 Å². The van der Waals surface area contributed by atoms with E-state index in [4.69, 9.17) is 14.0 Å². The summed E-state index contributed by atoms with van der Waals surface area (Å²) in [6.07, 6.45) is 21.3. The van der Waals surface area contributed by atoms with Gasteiger partial charge in [0.05, 0.1) is 90.8 Å². The van der Waals surface area contributed by atoms with Gasteiger partial charge in [-0.1, -0.05) is 126 Å². The van der Waals surface area contributed by atoms with Crippen molar-refractivity contribution in [3.63, 3.8) is 0 Å². The quantitative estimate of drug-likeness (QED) is 0.0172. The molecule has 0 saturated carbocycles. The summed E-state index contributed by atoms with van der Waals surface area (Å²) >= 11 is 0. The van der Waals surface area contributed by atoms with Crippen molar-refractivity contribution in [2.45, 2.75) is 97.1 Å². The summed E-state index contributed by atoms with van der Waals surface area (Å²) in [6.45, 7) is 16.3. The first-order chi connectivity index (χ1) is 63.4. The minimum Gasteiger partial charge on any atom is -0.508 e. The van der Waals surface area contributed by atoms with Crippen molar-refractivity contribution in [2.75, 3.05) is 21.0 Å². The normalized spacial score (nSPS) is 13.9. The average Bonchev–Trinajstić information content (AvgIpc) is 0.749. The van der Waals surface area contributed by atoms with Crippen molar-refractivity contribution in [2.24, 2.45) is 0 Å². The van der Waals surface area contributed by atoms with E-state index in [0.717, 1.165) is 118 Å². The topological polar surface area (TPSA) is 352 Å². The number of phenols is 4. The van der Waals surface area contributed by atoms with E-state index in [1.165, 1.54) is 0 Å². The van der Waals surface area contributed by atoms with Crippen molar-refractivity contribution in [1.29, 1.82) is 0 Å². The number of ether oxygens (including phenoxy) is 3. The first-order valence-corrected chi connectivity index (χ1v) is 43.9. The Hall–Kier alpha value is -16.2. The fourth-order valence-electron chi connectivity index (χ4n) is 16.4. The van der Waals surface area contributed by atoms with E-state index in [2.05, 4.69) is 63.2 Å². The fraction of sp³-hybridized carbons (Fsp3) is 0.151. The van der Waals surface area contributed by atoms with Crippen molar-refractivity contribution in [3.8, 4) is 34.5 Å². The van der Waals surface area contributed by atoms with Gasteiger partial charge >= 0.3 is 11.9 Å². The molecule has 0 unspecified atom stereocenters. The van der Waals surface area contributed by atoms with Crippen LogP contribution in [0.2, 0.25) is 0 Å². The van der Waals surface area contributed by atoms with Crippen molar-refractivity contribution in [1.82, 2.24) is 29.9 Å². The molecule has 1 aliphatic heterocycles. The lowest BCUT2D eigenvalue weighted by atomic mass is 9.64. The Morgan fingerprint density at radius 3 is 1.06 bits per heavy atom. The van der Waals surface area contributed by atoms with Gasteiger partial charge in [0.2, 0.25) is 0 Å². The van der Waals surface area contributed by atoms with Crippen LogP contribution in [0.3, 0.4) is 0 Å². The van der Waals surface area contributed by atoms with Gasteiger partial charge in [-0.15, -0.1) is 0 Å². The number of benzene rings is 7. The number of ketones is 2. The summed E-state index contributed by atoms with van der Waals surface area (Å²) in [5, 5.41) is 39.9. The van der Waals surface area contributed by atoms with Gasteiger partial charge < -0.3 is 49.3 Å². The molecule has 7 heterocycles. The minimum absolute atomic E-state index is 0.0934. The van der Waals surface area contributed by atoms with E-state index in [9.17, 15) is 57.6 Å². The molecule has 0 fully saturated rings. The van der Waals surface area contributed by atoms with Crippen LogP contribution in [0.5, 0.6) is 34.5 Å². The van der Waals surface area contributed by atoms with Crippen LogP contribution in [-0.2, 0) is 89.5 Å². The Bertz CT molecular complexity index is 6650. The van der Waals surface area contributed by atoms with Gasteiger partial charge in [-0.05, 0) is 250 Å². The summed E-state index contributed by atoms with van der Waals surface area (Å²) in [6, 6.07) is 76.3. The lowest BCUT2D eigenvalue weighted by Gasteiger charge is -2.39. The Kier molecular flexibility index (Phi) is 28.2. The number of allylic oxidation sites excluding steroid dienone is 10. The molecule has 0 amide bonds.